The van der Waals surface area contributed by atoms with Crippen molar-refractivity contribution in [1.82, 2.24) is 0 Å². The Morgan fingerprint density at radius 3 is 2.28 bits per heavy atom. The summed E-state index contributed by atoms with van der Waals surface area (Å²) >= 11 is 1.50. The molecule has 0 spiro atoms. The second kappa shape index (κ2) is 4.99. The van der Waals surface area contributed by atoms with Gasteiger partial charge in [-0.2, -0.15) is 0 Å². The van der Waals surface area contributed by atoms with E-state index in [1.165, 1.54) is 35.6 Å². The fraction of sp³-hybridized carbons (Fsp3) is 0.167. The second-order valence-corrected chi connectivity index (χ2v) is 4.59. The smallest absolute Gasteiger partial charge is 0.406 e. The Morgan fingerprint density at radius 2 is 1.78 bits per heavy atom. The first-order valence-electron chi connectivity index (χ1n) is 5.10. The van der Waals surface area contributed by atoms with Crippen molar-refractivity contribution in [3.05, 3.63) is 52.2 Å². The number of ether oxygens (including phenoxy) is 1. The number of alkyl halides is 3. The molecule has 6 heteroatoms. The van der Waals surface area contributed by atoms with E-state index >= 15 is 0 Å². The molecule has 0 radical (unpaired) electrons. The van der Waals surface area contributed by atoms with Gasteiger partial charge in [0, 0.05) is 4.88 Å². The molecule has 0 saturated heterocycles. The molecule has 1 aromatic carbocycles. The lowest BCUT2D eigenvalue weighted by Crippen LogP contribution is -2.17. The molecule has 0 bridgehead atoms. The van der Waals surface area contributed by atoms with Gasteiger partial charge in [0.1, 0.15) is 5.75 Å². The van der Waals surface area contributed by atoms with Gasteiger partial charge in [-0.1, -0.05) is 18.2 Å². The Kier molecular flexibility index (Phi) is 3.58. The topological polar surface area (TPSA) is 35.2 Å². The minimum Gasteiger partial charge on any atom is -0.406 e. The Bertz CT molecular complexity index is 493. The highest BCUT2D eigenvalue weighted by molar-refractivity contribution is 7.10. The van der Waals surface area contributed by atoms with Crippen molar-refractivity contribution >= 4 is 11.3 Å². The molecule has 0 aliphatic carbocycles. The van der Waals surface area contributed by atoms with Crippen molar-refractivity contribution in [2.75, 3.05) is 0 Å². The highest BCUT2D eigenvalue weighted by Crippen LogP contribution is 2.27. The van der Waals surface area contributed by atoms with Gasteiger partial charge in [-0.25, -0.2) is 0 Å². The van der Waals surface area contributed by atoms with Crippen molar-refractivity contribution in [3.8, 4) is 5.75 Å². The van der Waals surface area contributed by atoms with Crippen LogP contribution in [0.3, 0.4) is 0 Å². The van der Waals surface area contributed by atoms with E-state index in [2.05, 4.69) is 4.74 Å². The van der Waals surface area contributed by atoms with Gasteiger partial charge in [0.05, 0.1) is 6.04 Å². The van der Waals surface area contributed by atoms with Gasteiger partial charge in [0.25, 0.3) is 0 Å². The van der Waals surface area contributed by atoms with Gasteiger partial charge in [0.15, 0.2) is 0 Å². The van der Waals surface area contributed by atoms with E-state index in [-0.39, 0.29) is 11.8 Å². The fourth-order valence-corrected chi connectivity index (χ4v) is 2.26. The first-order chi connectivity index (χ1) is 8.46. The van der Waals surface area contributed by atoms with Gasteiger partial charge in [-0.15, -0.1) is 24.5 Å². The van der Waals surface area contributed by atoms with Crippen molar-refractivity contribution in [2.24, 2.45) is 5.73 Å². The van der Waals surface area contributed by atoms with Crippen LogP contribution >= 0.6 is 11.3 Å². The highest BCUT2D eigenvalue weighted by atomic mass is 32.1. The average molecular weight is 273 g/mol. The minimum absolute atomic E-state index is 0.246. The SMILES string of the molecule is N[C@H](c1ccc(OC(F)(F)F)cc1)c1cccs1. The number of rotatable bonds is 3. The Hall–Kier alpha value is -1.53. The molecule has 0 aliphatic heterocycles. The van der Waals surface area contributed by atoms with E-state index in [9.17, 15) is 13.2 Å². The zero-order valence-electron chi connectivity index (χ0n) is 9.15. The Balaban J connectivity index is 2.13. The summed E-state index contributed by atoms with van der Waals surface area (Å²) in [6.45, 7) is 0. The summed E-state index contributed by atoms with van der Waals surface area (Å²) in [5, 5.41) is 1.90. The predicted molar refractivity (Wildman–Crippen MR) is 63.5 cm³/mol. The standard InChI is InChI=1S/C12H10F3NOS/c13-12(14,15)17-9-5-3-8(4-6-9)11(16)10-2-1-7-18-10/h1-7,11H,16H2/t11-/m1/s1. The number of nitrogens with two attached hydrogens (primary N) is 1. The quantitative estimate of drug-likeness (QED) is 0.925. The van der Waals surface area contributed by atoms with Crippen LogP contribution in [-0.4, -0.2) is 6.36 Å². The van der Waals surface area contributed by atoms with Crippen LogP contribution in [0.5, 0.6) is 5.75 Å². The van der Waals surface area contributed by atoms with Crippen molar-refractivity contribution in [2.45, 2.75) is 12.4 Å². The summed E-state index contributed by atoms with van der Waals surface area (Å²) < 4.78 is 39.7. The monoisotopic (exact) mass is 273 g/mol. The fourth-order valence-electron chi connectivity index (χ4n) is 1.51. The summed E-state index contributed by atoms with van der Waals surface area (Å²) in [6, 6.07) is 9.02. The molecular weight excluding hydrogens is 263 g/mol. The van der Waals surface area contributed by atoms with Gasteiger partial charge >= 0.3 is 6.36 Å². The zero-order valence-corrected chi connectivity index (χ0v) is 9.96. The third kappa shape index (κ3) is 3.24. The molecule has 2 nitrogen and oxygen atoms in total. The number of hydrogen-bond donors (Lipinski definition) is 1. The van der Waals surface area contributed by atoms with Crippen molar-refractivity contribution in [1.29, 1.82) is 0 Å². The Labute approximate surface area is 106 Å². The first-order valence-corrected chi connectivity index (χ1v) is 5.98. The molecule has 2 N–H and O–H groups in total. The van der Waals surface area contributed by atoms with E-state index in [4.69, 9.17) is 5.73 Å². The van der Waals surface area contributed by atoms with E-state index < -0.39 is 6.36 Å². The molecule has 1 aromatic heterocycles. The average Bonchev–Trinajstić information content (AvgIpc) is 2.80. The molecule has 2 aromatic rings. The number of halogens is 3. The van der Waals surface area contributed by atoms with Crippen LogP contribution in [0.2, 0.25) is 0 Å². The minimum atomic E-state index is -4.67. The number of hydrogen-bond acceptors (Lipinski definition) is 3. The molecule has 1 heterocycles. The Morgan fingerprint density at radius 1 is 1.11 bits per heavy atom. The van der Waals surface area contributed by atoms with Gasteiger partial charge in [-0.05, 0) is 29.1 Å². The van der Waals surface area contributed by atoms with Crippen molar-refractivity contribution in [3.63, 3.8) is 0 Å². The molecule has 1 atom stereocenters. The van der Waals surface area contributed by atoms with E-state index in [0.29, 0.717) is 0 Å². The maximum Gasteiger partial charge on any atom is 0.573 e. The summed E-state index contributed by atoms with van der Waals surface area (Å²) in [7, 11) is 0. The predicted octanol–water partition coefficient (Wildman–Crippen LogP) is 3.69. The number of thiophene rings is 1. The molecule has 0 fully saturated rings. The van der Waals surface area contributed by atoms with Crippen LogP contribution in [0.15, 0.2) is 41.8 Å². The lowest BCUT2D eigenvalue weighted by molar-refractivity contribution is -0.274. The van der Waals surface area contributed by atoms with Crippen LogP contribution in [0, 0.1) is 0 Å². The molecule has 96 valence electrons. The van der Waals surface area contributed by atoms with E-state index in [1.807, 2.05) is 17.5 Å². The van der Waals surface area contributed by atoms with E-state index in [0.717, 1.165) is 10.4 Å². The highest BCUT2D eigenvalue weighted by Gasteiger charge is 2.31. The van der Waals surface area contributed by atoms with Crippen LogP contribution in [0.25, 0.3) is 0 Å². The second-order valence-electron chi connectivity index (χ2n) is 3.61. The van der Waals surface area contributed by atoms with Gasteiger partial charge in [0.2, 0.25) is 0 Å². The lowest BCUT2D eigenvalue weighted by Gasteiger charge is -2.12. The third-order valence-electron chi connectivity index (χ3n) is 2.32. The van der Waals surface area contributed by atoms with Crippen LogP contribution in [0.1, 0.15) is 16.5 Å². The van der Waals surface area contributed by atoms with Gasteiger partial charge in [-0.3, -0.25) is 0 Å². The maximum atomic E-state index is 12.0. The van der Waals surface area contributed by atoms with Crippen LogP contribution < -0.4 is 10.5 Å². The van der Waals surface area contributed by atoms with Crippen molar-refractivity contribution < 1.29 is 17.9 Å². The molecule has 2 rings (SSSR count). The molecule has 0 aliphatic rings. The summed E-state index contributed by atoms with van der Waals surface area (Å²) in [5.74, 6) is -0.246. The third-order valence-corrected chi connectivity index (χ3v) is 3.28. The van der Waals surface area contributed by atoms with Crippen LogP contribution in [0.4, 0.5) is 13.2 Å². The molecule has 0 saturated carbocycles. The first kappa shape index (κ1) is 12.9. The van der Waals surface area contributed by atoms with E-state index in [1.54, 1.807) is 0 Å². The summed E-state index contributed by atoms with van der Waals surface area (Å²) in [5.41, 5.74) is 6.73. The normalized spacial score (nSPS) is 13.3. The maximum absolute atomic E-state index is 12.0. The largest absolute Gasteiger partial charge is 0.573 e. The molecular formula is C12H10F3NOS. The molecule has 0 unspecified atom stereocenters. The zero-order chi connectivity index (χ0) is 13.2. The van der Waals surface area contributed by atoms with Crippen LogP contribution in [-0.2, 0) is 0 Å². The summed E-state index contributed by atoms with van der Waals surface area (Å²) in [6.07, 6.45) is -4.67. The number of benzene rings is 1. The summed E-state index contributed by atoms with van der Waals surface area (Å²) in [4.78, 5) is 0.958. The molecule has 18 heavy (non-hydrogen) atoms. The molecule has 0 amide bonds. The lowest BCUT2D eigenvalue weighted by atomic mass is 10.1. The van der Waals surface area contributed by atoms with Gasteiger partial charge < -0.3 is 10.5 Å².